The Morgan fingerprint density at radius 3 is 2.49 bits per heavy atom. The van der Waals surface area contributed by atoms with Gasteiger partial charge in [0, 0.05) is 41.3 Å². The third kappa shape index (κ3) is 4.38. The second-order valence-electron chi connectivity index (χ2n) is 12.1. The maximum Gasteiger partial charge on any atom is 0.413 e. The van der Waals surface area contributed by atoms with E-state index in [2.05, 4.69) is 43.7 Å². The van der Waals surface area contributed by atoms with E-state index in [9.17, 15) is 28.1 Å². The lowest BCUT2D eigenvalue weighted by atomic mass is 9.44. The largest absolute Gasteiger partial charge is 0.413 e. The van der Waals surface area contributed by atoms with Gasteiger partial charge in [-0.25, -0.2) is 4.98 Å². The number of benzene rings is 1. The summed E-state index contributed by atoms with van der Waals surface area (Å²) in [4.78, 5) is 8.34. The van der Waals surface area contributed by atoms with Crippen molar-refractivity contribution in [2.75, 3.05) is 17.2 Å². The molecule has 3 heterocycles. The van der Waals surface area contributed by atoms with Gasteiger partial charge >= 0.3 is 6.18 Å². The zero-order valence-corrected chi connectivity index (χ0v) is 23.1. The highest BCUT2D eigenvalue weighted by molar-refractivity contribution is 5.99. The first-order valence-electron chi connectivity index (χ1n) is 14.0. The number of anilines is 2. The molecule has 0 unspecified atom stereocenters. The van der Waals surface area contributed by atoms with Crippen LogP contribution in [0.2, 0.25) is 0 Å². The van der Waals surface area contributed by atoms with E-state index < -0.39 is 23.7 Å². The fraction of sp³-hybridized carbons (Fsp3) is 0.400. The van der Waals surface area contributed by atoms with Gasteiger partial charge in [-0.15, -0.1) is 5.53 Å². The smallest absolute Gasteiger partial charge is 0.383 e. The van der Waals surface area contributed by atoms with Crippen molar-refractivity contribution in [2.24, 2.45) is 11.3 Å². The van der Waals surface area contributed by atoms with E-state index in [-0.39, 0.29) is 23.8 Å². The zero-order chi connectivity index (χ0) is 30.1. The maximum absolute atomic E-state index is 14.0. The SMILES string of the molecule is Cc1nc(F)ccc1[C@H](Nc1cc(C#N)c2ncc(C#N)c(NCC34CC(C3)C4)c2c1)C1=CN(C2(C(F)(F)F)CC2)NN1. The number of alkyl halides is 3. The van der Waals surface area contributed by atoms with Gasteiger partial charge in [0.25, 0.3) is 0 Å². The van der Waals surface area contributed by atoms with Crippen LogP contribution in [0, 0.1) is 46.9 Å². The second kappa shape index (κ2) is 9.44. The zero-order valence-electron chi connectivity index (χ0n) is 23.1. The predicted octanol–water partition coefficient (Wildman–Crippen LogP) is 5.45. The molecule has 3 aromatic rings. The van der Waals surface area contributed by atoms with Crippen molar-refractivity contribution in [3.8, 4) is 12.1 Å². The van der Waals surface area contributed by atoms with Crippen LogP contribution in [-0.2, 0) is 0 Å². The molecule has 4 N–H and O–H groups in total. The number of halogens is 4. The number of hydrogen-bond acceptors (Lipinski definition) is 9. The molecule has 5 aliphatic rings. The van der Waals surface area contributed by atoms with Crippen LogP contribution >= 0.6 is 0 Å². The predicted molar refractivity (Wildman–Crippen MR) is 149 cm³/mol. The number of nitriles is 2. The summed E-state index contributed by atoms with van der Waals surface area (Å²) in [7, 11) is 0. The number of hydrogen-bond donors (Lipinski definition) is 4. The molecule has 8 rings (SSSR count). The molecule has 1 aliphatic heterocycles. The Labute approximate surface area is 244 Å². The van der Waals surface area contributed by atoms with Crippen molar-refractivity contribution in [3.63, 3.8) is 0 Å². The molecule has 220 valence electrons. The third-order valence-electron chi connectivity index (χ3n) is 9.34. The van der Waals surface area contributed by atoms with Gasteiger partial charge in [-0.1, -0.05) is 6.07 Å². The summed E-state index contributed by atoms with van der Waals surface area (Å²) in [5.41, 5.74) is 6.99. The van der Waals surface area contributed by atoms with Gasteiger partial charge in [-0.2, -0.15) is 28.1 Å². The van der Waals surface area contributed by atoms with Gasteiger partial charge in [0.1, 0.15) is 12.1 Å². The van der Waals surface area contributed by atoms with Gasteiger partial charge in [0.05, 0.1) is 34.1 Å². The maximum atomic E-state index is 14.0. The van der Waals surface area contributed by atoms with Crippen LogP contribution in [0.5, 0.6) is 0 Å². The van der Waals surface area contributed by atoms with Gasteiger partial charge < -0.3 is 16.1 Å². The van der Waals surface area contributed by atoms with Crippen molar-refractivity contribution in [2.45, 2.75) is 56.8 Å². The number of nitrogens with zero attached hydrogens (tertiary/aromatic N) is 5. The fourth-order valence-electron chi connectivity index (χ4n) is 6.72. The first-order valence-corrected chi connectivity index (χ1v) is 14.0. The molecule has 4 fully saturated rings. The highest BCUT2D eigenvalue weighted by Gasteiger charge is 2.67. The third-order valence-corrected chi connectivity index (χ3v) is 9.34. The molecule has 0 spiro atoms. The van der Waals surface area contributed by atoms with Gasteiger partial charge in [-0.3, -0.25) is 9.99 Å². The fourth-order valence-corrected chi connectivity index (χ4v) is 6.72. The van der Waals surface area contributed by atoms with E-state index in [1.165, 1.54) is 24.5 Å². The normalized spacial score (nSPS) is 23.7. The lowest BCUT2D eigenvalue weighted by Gasteiger charge is -2.62. The van der Waals surface area contributed by atoms with E-state index >= 15 is 0 Å². The number of aryl methyl sites for hydroxylation is 1. The summed E-state index contributed by atoms with van der Waals surface area (Å²) in [6, 6.07) is 9.65. The lowest BCUT2D eigenvalue weighted by molar-refractivity contribution is -0.195. The highest BCUT2D eigenvalue weighted by Crippen LogP contribution is 2.64. The average molecular weight is 590 g/mol. The summed E-state index contributed by atoms with van der Waals surface area (Å²) in [5, 5.41) is 28.3. The molecule has 0 saturated heterocycles. The minimum Gasteiger partial charge on any atom is -0.383 e. The lowest BCUT2D eigenvalue weighted by Crippen LogP contribution is -2.55. The number of rotatable bonds is 8. The summed E-state index contributed by atoms with van der Waals surface area (Å²) in [6.45, 7) is 2.32. The number of pyridine rings is 2. The monoisotopic (exact) mass is 589 g/mol. The molecule has 43 heavy (non-hydrogen) atoms. The molecule has 4 aliphatic carbocycles. The van der Waals surface area contributed by atoms with Crippen LogP contribution in [0.25, 0.3) is 10.9 Å². The number of fused-ring (bicyclic) bond motifs is 1. The minimum atomic E-state index is -4.45. The molecule has 4 saturated carbocycles. The van der Waals surface area contributed by atoms with Crippen LogP contribution in [0.15, 0.2) is 42.4 Å². The quantitative estimate of drug-likeness (QED) is 0.201. The molecular formula is C30H27F4N9. The number of aromatic nitrogens is 2. The molecule has 2 bridgehead atoms. The van der Waals surface area contributed by atoms with Crippen LogP contribution in [-0.4, -0.2) is 33.2 Å². The van der Waals surface area contributed by atoms with Gasteiger partial charge in [0.15, 0.2) is 5.54 Å². The van der Waals surface area contributed by atoms with E-state index in [1.54, 1.807) is 19.1 Å². The Bertz CT molecular complexity index is 1750. The van der Waals surface area contributed by atoms with Crippen LogP contribution in [0.3, 0.4) is 0 Å². The van der Waals surface area contributed by atoms with Gasteiger partial charge in [-0.05, 0) is 68.6 Å². The number of hydrazine groups is 2. The van der Waals surface area contributed by atoms with E-state index in [0.717, 1.165) is 30.2 Å². The topological polar surface area (TPSA) is 125 Å². The van der Waals surface area contributed by atoms with E-state index in [1.807, 2.05) is 0 Å². The summed E-state index contributed by atoms with van der Waals surface area (Å²) >= 11 is 0. The first-order chi connectivity index (χ1) is 20.5. The molecule has 13 heteroatoms. The Morgan fingerprint density at radius 1 is 1.14 bits per heavy atom. The Morgan fingerprint density at radius 2 is 1.88 bits per heavy atom. The molecule has 1 aromatic carbocycles. The molecule has 9 nitrogen and oxygen atoms in total. The van der Waals surface area contributed by atoms with Crippen LogP contribution in [0.1, 0.15) is 60.5 Å². The molecule has 1 atom stereocenters. The standard InChI is InChI=1S/C30H27F4N9/c1-16-21(2-3-24(31)39-16)27(23-14-43(42-41-23)29(4-5-29)30(32,33)34)40-20-6-18(11-35)25-22(7-20)26(19(12-36)13-37-25)38-15-28-8-17(9-28)10-28/h2-3,6-7,13-14,17,27,40-42H,4-5,8-10,15H2,1H3,(H,37,38)/t17?,27-,28?/m0/s1. The first kappa shape index (κ1) is 27.2. The van der Waals surface area contributed by atoms with Crippen molar-refractivity contribution >= 4 is 22.3 Å². The van der Waals surface area contributed by atoms with Crippen molar-refractivity contribution in [1.29, 1.82) is 10.5 Å². The summed E-state index contributed by atoms with van der Waals surface area (Å²) in [5.74, 6) is 0.109. The molecule has 0 amide bonds. The number of nitrogens with one attached hydrogen (secondary N) is 4. The van der Waals surface area contributed by atoms with Crippen LogP contribution in [0.4, 0.5) is 28.9 Å². The van der Waals surface area contributed by atoms with E-state index in [0.29, 0.717) is 51.3 Å². The summed E-state index contributed by atoms with van der Waals surface area (Å²) < 4.78 is 55.6. The second-order valence-corrected chi connectivity index (χ2v) is 12.1. The van der Waals surface area contributed by atoms with Crippen molar-refractivity contribution in [3.05, 3.63) is 70.7 Å². The van der Waals surface area contributed by atoms with Crippen molar-refractivity contribution < 1.29 is 17.6 Å². The molecular weight excluding hydrogens is 562 g/mol. The summed E-state index contributed by atoms with van der Waals surface area (Å²) in [6.07, 6.45) is 1.76. The average Bonchev–Trinajstić information content (AvgIpc) is 3.61. The molecule has 2 aromatic heterocycles. The Balaban J connectivity index is 1.29. The highest BCUT2D eigenvalue weighted by atomic mass is 19.4. The van der Waals surface area contributed by atoms with Gasteiger partial charge in [0.2, 0.25) is 5.95 Å². The van der Waals surface area contributed by atoms with E-state index in [4.69, 9.17) is 0 Å². The van der Waals surface area contributed by atoms with Crippen molar-refractivity contribution in [1.82, 2.24) is 25.9 Å². The van der Waals surface area contributed by atoms with Crippen LogP contribution < -0.4 is 21.6 Å². The molecule has 0 radical (unpaired) electrons. The Hall–Kier alpha value is -4.62. The Kier molecular flexibility index (Phi) is 5.98. The minimum absolute atomic E-state index is 0.0493.